The standard InChI is InChI=1S/C18H18N2S.C2H2O4.H2O/c1-20-11-8-13(9-12-20)17-14-5-2-3-7-16(14)21-18-15(17)6-4-10-19-18;3-1(4)2(5)6;/h2-7,10H,8-9,11-12H2,1H3;(H,3,4)(H,5,6);1H2. The van der Waals surface area contributed by atoms with Gasteiger partial charge in [-0.15, -0.1) is 0 Å². The molecule has 0 unspecified atom stereocenters. The topological polar surface area (TPSA) is 122 Å². The molecule has 2 aliphatic heterocycles. The van der Waals surface area contributed by atoms with Crippen molar-refractivity contribution >= 4 is 29.3 Å². The van der Waals surface area contributed by atoms with E-state index < -0.39 is 11.9 Å². The van der Waals surface area contributed by atoms with Gasteiger partial charge in [0.2, 0.25) is 0 Å². The predicted octanol–water partition coefficient (Wildman–Crippen LogP) is 2.40. The molecule has 2 aromatic rings. The molecular weight excluding hydrogens is 380 g/mol. The molecule has 1 fully saturated rings. The van der Waals surface area contributed by atoms with Crippen molar-refractivity contribution in [1.82, 2.24) is 9.88 Å². The monoisotopic (exact) mass is 402 g/mol. The molecule has 4 rings (SSSR count). The molecule has 0 amide bonds. The third-order valence-electron chi connectivity index (χ3n) is 4.53. The summed E-state index contributed by atoms with van der Waals surface area (Å²) < 4.78 is 0. The van der Waals surface area contributed by atoms with E-state index in [1.165, 1.54) is 34.4 Å². The summed E-state index contributed by atoms with van der Waals surface area (Å²) in [4.78, 5) is 26.5. The Morgan fingerprint density at radius 1 is 1.00 bits per heavy atom. The first kappa shape index (κ1) is 21.6. The average molecular weight is 402 g/mol. The van der Waals surface area contributed by atoms with E-state index in [-0.39, 0.29) is 5.48 Å². The van der Waals surface area contributed by atoms with Crippen LogP contribution in [0.2, 0.25) is 0 Å². The summed E-state index contributed by atoms with van der Waals surface area (Å²) in [5.74, 6) is -3.65. The minimum Gasteiger partial charge on any atom is -0.473 e. The second-order valence-electron chi connectivity index (χ2n) is 6.35. The first-order valence-corrected chi connectivity index (χ1v) is 9.38. The van der Waals surface area contributed by atoms with Crippen molar-refractivity contribution < 1.29 is 25.3 Å². The maximum absolute atomic E-state index is 9.10. The van der Waals surface area contributed by atoms with Gasteiger partial charge in [0.1, 0.15) is 5.03 Å². The van der Waals surface area contributed by atoms with E-state index in [2.05, 4.69) is 53.3 Å². The molecule has 4 N–H and O–H groups in total. The Labute approximate surface area is 167 Å². The summed E-state index contributed by atoms with van der Waals surface area (Å²) in [6, 6.07) is 13.0. The lowest BCUT2D eigenvalue weighted by molar-refractivity contribution is -0.159. The number of rotatable bonds is 0. The molecule has 8 heteroatoms. The highest BCUT2D eigenvalue weighted by Gasteiger charge is 2.25. The number of hydrogen-bond donors (Lipinski definition) is 2. The van der Waals surface area contributed by atoms with Crippen molar-refractivity contribution in [1.29, 1.82) is 0 Å². The van der Waals surface area contributed by atoms with Crippen LogP contribution in [0.1, 0.15) is 24.0 Å². The van der Waals surface area contributed by atoms with Gasteiger partial charge in [-0.05, 0) is 43.2 Å². The van der Waals surface area contributed by atoms with Crippen LogP contribution in [0.4, 0.5) is 0 Å². The number of pyridine rings is 1. The molecule has 1 aromatic carbocycles. The van der Waals surface area contributed by atoms with Crippen LogP contribution in [0.25, 0.3) is 5.57 Å². The maximum Gasteiger partial charge on any atom is 0.414 e. The molecule has 148 valence electrons. The summed E-state index contributed by atoms with van der Waals surface area (Å²) in [6.45, 7) is 2.31. The van der Waals surface area contributed by atoms with Crippen LogP contribution in [-0.2, 0) is 9.59 Å². The predicted molar refractivity (Wildman–Crippen MR) is 106 cm³/mol. The zero-order valence-electron chi connectivity index (χ0n) is 15.4. The molecule has 0 atom stereocenters. The Hall–Kier alpha value is -2.68. The van der Waals surface area contributed by atoms with Gasteiger partial charge in [0.05, 0.1) is 0 Å². The van der Waals surface area contributed by atoms with Crippen LogP contribution in [0.15, 0.2) is 58.1 Å². The highest BCUT2D eigenvalue weighted by molar-refractivity contribution is 7.99. The Morgan fingerprint density at radius 3 is 2.25 bits per heavy atom. The first-order valence-electron chi connectivity index (χ1n) is 8.56. The Balaban J connectivity index is 0.000000353. The van der Waals surface area contributed by atoms with Gasteiger partial charge in [0, 0.05) is 29.7 Å². The van der Waals surface area contributed by atoms with E-state index in [4.69, 9.17) is 19.8 Å². The molecule has 28 heavy (non-hydrogen) atoms. The fraction of sp³-hybridized carbons (Fsp3) is 0.250. The number of carbonyl (C=O) groups is 2. The molecule has 0 aliphatic carbocycles. The van der Waals surface area contributed by atoms with Gasteiger partial charge in [0.15, 0.2) is 0 Å². The highest BCUT2D eigenvalue weighted by atomic mass is 32.2. The van der Waals surface area contributed by atoms with E-state index in [1.807, 2.05) is 6.20 Å². The van der Waals surface area contributed by atoms with Gasteiger partial charge in [0.25, 0.3) is 0 Å². The SMILES string of the molecule is CN1CCC(=C2c3ccccc3Sc3ncccc32)CC1.O.O=C(O)C(=O)O. The molecular formula is C20H22N2O5S. The minimum absolute atomic E-state index is 0. The molecule has 3 heterocycles. The number of benzene rings is 1. The van der Waals surface area contributed by atoms with Crippen LogP contribution >= 0.6 is 11.8 Å². The molecule has 1 aromatic heterocycles. The van der Waals surface area contributed by atoms with Gasteiger partial charge >= 0.3 is 11.9 Å². The van der Waals surface area contributed by atoms with Crippen LogP contribution in [0, 0.1) is 0 Å². The van der Waals surface area contributed by atoms with Crippen molar-refractivity contribution in [2.75, 3.05) is 20.1 Å². The third-order valence-corrected chi connectivity index (χ3v) is 5.63. The number of fused-ring (bicyclic) bond motifs is 2. The van der Waals surface area contributed by atoms with Crippen molar-refractivity contribution in [2.24, 2.45) is 0 Å². The van der Waals surface area contributed by atoms with E-state index >= 15 is 0 Å². The van der Waals surface area contributed by atoms with Crippen LogP contribution in [0.3, 0.4) is 0 Å². The fourth-order valence-corrected chi connectivity index (χ4v) is 4.22. The molecule has 0 saturated carbocycles. The van der Waals surface area contributed by atoms with Gasteiger partial charge in [-0.25, -0.2) is 14.6 Å². The van der Waals surface area contributed by atoms with Crippen LogP contribution < -0.4 is 0 Å². The number of nitrogens with zero attached hydrogens (tertiary/aromatic N) is 2. The largest absolute Gasteiger partial charge is 0.473 e. The summed E-state index contributed by atoms with van der Waals surface area (Å²) in [5.41, 5.74) is 5.75. The van der Waals surface area contributed by atoms with Crippen molar-refractivity contribution in [3.05, 3.63) is 59.3 Å². The summed E-state index contributed by atoms with van der Waals surface area (Å²) in [6.07, 6.45) is 4.23. The molecule has 1 saturated heterocycles. The van der Waals surface area contributed by atoms with E-state index in [0.717, 1.165) is 18.1 Å². The lowest BCUT2D eigenvalue weighted by Crippen LogP contribution is -2.27. The lowest BCUT2D eigenvalue weighted by Gasteiger charge is -2.29. The zero-order valence-corrected chi connectivity index (χ0v) is 16.2. The summed E-state index contributed by atoms with van der Waals surface area (Å²) in [5, 5.41) is 15.9. The number of aliphatic carboxylic acids is 2. The Morgan fingerprint density at radius 2 is 1.61 bits per heavy atom. The maximum atomic E-state index is 9.10. The summed E-state index contributed by atoms with van der Waals surface area (Å²) in [7, 11) is 2.21. The third kappa shape index (κ3) is 4.78. The quantitative estimate of drug-likeness (QED) is 0.554. The van der Waals surface area contributed by atoms with E-state index in [0.29, 0.717) is 0 Å². The van der Waals surface area contributed by atoms with Crippen molar-refractivity contribution in [3.8, 4) is 0 Å². The second-order valence-corrected chi connectivity index (χ2v) is 7.38. The number of likely N-dealkylation sites (tertiary alicyclic amines) is 1. The first-order chi connectivity index (χ1) is 13.0. The number of hydrogen-bond acceptors (Lipinski definition) is 5. The smallest absolute Gasteiger partial charge is 0.414 e. The molecule has 2 aliphatic rings. The van der Waals surface area contributed by atoms with Gasteiger partial charge in [-0.2, -0.15) is 0 Å². The average Bonchev–Trinajstić information content (AvgIpc) is 2.67. The molecule has 0 bridgehead atoms. The van der Waals surface area contributed by atoms with Gasteiger partial charge in [-0.3, -0.25) is 0 Å². The fourth-order valence-electron chi connectivity index (χ4n) is 3.19. The second kappa shape index (κ2) is 9.50. The van der Waals surface area contributed by atoms with E-state index in [9.17, 15) is 0 Å². The molecule has 0 spiro atoms. The molecule has 0 radical (unpaired) electrons. The number of carboxylic acids is 2. The zero-order chi connectivity index (χ0) is 19.4. The van der Waals surface area contributed by atoms with E-state index in [1.54, 1.807) is 17.3 Å². The van der Waals surface area contributed by atoms with Gasteiger partial charge in [-0.1, -0.05) is 41.6 Å². The van der Waals surface area contributed by atoms with Crippen molar-refractivity contribution in [3.63, 3.8) is 0 Å². The lowest BCUT2D eigenvalue weighted by atomic mass is 9.89. The minimum atomic E-state index is -1.82. The Bertz CT molecular complexity index is 843. The van der Waals surface area contributed by atoms with Crippen LogP contribution in [-0.4, -0.2) is 57.6 Å². The number of carboxylic acid groups (broad SMARTS) is 2. The number of aromatic nitrogens is 1. The van der Waals surface area contributed by atoms with Gasteiger partial charge < -0.3 is 20.6 Å². The van der Waals surface area contributed by atoms with Crippen molar-refractivity contribution in [2.45, 2.75) is 22.8 Å². The van der Waals surface area contributed by atoms with Crippen LogP contribution in [0.5, 0.6) is 0 Å². The normalized spacial score (nSPS) is 15.3. The highest BCUT2D eigenvalue weighted by Crippen LogP contribution is 2.46. The molecule has 7 nitrogen and oxygen atoms in total. The number of piperidine rings is 1. The summed E-state index contributed by atoms with van der Waals surface area (Å²) >= 11 is 1.80. The Kier molecular flexibility index (Phi) is 7.33.